The van der Waals surface area contributed by atoms with Gasteiger partial charge in [-0.25, -0.2) is 17.9 Å². The fourth-order valence-corrected chi connectivity index (χ4v) is 3.23. The Balaban J connectivity index is 1.73. The molecule has 0 bridgehead atoms. The highest BCUT2D eigenvalue weighted by Gasteiger charge is 2.19. The number of aromatic nitrogens is 2. The van der Waals surface area contributed by atoms with Gasteiger partial charge in [0, 0.05) is 5.56 Å². The van der Waals surface area contributed by atoms with E-state index >= 15 is 0 Å². The van der Waals surface area contributed by atoms with Gasteiger partial charge in [0.2, 0.25) is 15.8 Å². The number of nitrogens with zero attached hydrogens (tertiary/aromatic N) is 2. The summed E-state index contributed by atoms with van der Waals surface area (Å²) in [5, 5.41) is 3.91. The van der Waals surface area contributed by atoms with Crippen molar-refractivity contribution in [3.8, 4) is 11.4 Å². The van der Waals surface area contributed by atoms with Crippen LogP contribution in [0.3, 0.4) is 0 Å². The van der Waals surface area contributed by atoms with Gasteiger partial charge in [0.1, 0.15) is 0 Å². The molecule has 0 aliphatic heterocycles. The van der Waals surface area contributed by atoms with Crippen LogP contribution in [0.5, 0.6) is 0 Å². The standard InChI is InChI=1S/C18H16ClN3O5S/c1-11-3-5-12(6-4-11)17-21-16(27-22-17)10-26-18(23)14-9-13(7-8-15(14)19)28(24,25)20-2/h3-9,20H,10H2,1-2H3. The van der Waals surface area contributed by atoms with Gasteiger partial charge in [-0.3, -0.25) is 0 Å². The molecule has 1 aromatic heterocycles. The lowest BCUT2D eigenvalue weighted by atomic mass is 10.1. The monoisotopic (exact) mass is 421 g/mol. The lowest BCUT2D eigenvalue weighted by Gasteiger charge is -2.07. The van der Waals surface area contributed by atoms with Crippen molar-refractivity contribution in [3.63, 3.8) is 0 Å². The number of hydrogen-bond donors (Lipinski definition) is 1. The molecule has 10 heteroatoms. The van der Waals surface area contributed by atoms with Crippen LogP contribution in [0, 0.1) is 6.92 Å². The molecule has 28 heavy (non-hydrogen) atoms. The van der Waals surface area contributed by atoms with E-state index in [4.69, 9.17) is 20.9 Å². The van der Waals surface area contributed by atoms with Crippen LogP contribution in [-0.4, -0.2) is 31.6 Å². The normalized spacial score (nSPS) is 11.4. The van der Waals surface area contributed by atoms with E-state index in [1.54, 1.807) is 0 Å². The van der Waals surface area contributed by atoms with Crippen molar-refractivity contribution < 1.29 is 22.5 Å². The molecular weight excluding hydrogens is 406 g/mol. The number of nitrogens with one attached hydrogen (secondary N) is 1. The number of rotatable bonds is 6. The van der Waals surface area contributed by atoms with Crippen LogP contribution in [0.25, 0.3) is 11.4 Å². The zero-order valence-corrected chi connectivity index (χ0v) is 16.5. The third kappa shape index (κ3) is 4.38. The summed E-state index contributed by atoms with van der Waals surface area (Å²) < 4.78 is 36.2. The Kier molecular flexibility index (Phi) is 5.78. The van der Waals surface area contributed by atoms with Gasteiger partial charge in [-0.15, -0.1) is 0 Å². The molecule has 146 valence electrons. The highest BCUT2D eigenvalue weighted by atomic mass is 35.5. The second-order valence-corrected chi connectivity index (χ2v) is 8.10. The maximum Gasteiger partial charge on any atom is 0.340 e. The summed E-state index contributed by atoms with van der Waals surface area (Å²) >= 11 is 6.00. The van der Waals surface area contributed by atoms with E-state index < -0.39 is 16.0 Å². The van der Waals surface area contributed by atoms with E-state index in [-0.39, 0.29) is 28.0 Å². The molecule has 0 radical (unpaired) electrons. The van der Waals surface area contributed by atoms with Crippen molar-refractivity contribution in [2.24, 2.45) is 0 Å². The van der Waals surface area contributed by atoms with Gasteiger partial charge in [-0.05, 0) is 32.2 Å². The summed E-state index contributed by atoms with van der Waals surface area (Å²) in [7, 11) is -2.46. The fraction of sp³-hybridized carbons (Fsp3) is 0.167. The first-order valence-corrected chi connectivity index (χ1v) is 9.96. The van der Waals surface area contributed by atoms with Crippen molar-refractivity contribution in [3.05, 3.63) is 64.5 Å². The number of ether oxygens (including phenoxy) is 1. The van der Waals surface area contributed by atoms with Gasteiger partial charge in [0.05, 0.1) is 15.5 Å². The van der Waals surface area contributed by atoms with Crippen LogP contribution in [0.1, 0.15) is 21.8 Å². The summed E-state index contributed by atoms with van der Waals surface area (Å²) in [4.78, 5) is 16.4. The molecule has 0 saturated carbocycles. The van der Waals surface area contributed by atoms with Gasteiger partial charge in [-0.2, -0.15) is 4.98 Å². The smallest absolute Gasteiger partial charge is 0.340 e. The average Bonchev–Trinajstić information content (AvgIpc) is 3.16. The predicted octanol–water partition coefficient (Wildman–Crippen LogP) is 2.96. The number of benzene rings is 2. The van der Waals surface area contributed by atoms with Gasteiger partial charge in [-0.1, -0.05) is 46.6 Å². The molecule has 1 N–H and O–H groups in total. The molecule has 8 nitrogen and oxygen atoms in total. The number of halogens is 1. The second-order valence-electron chi connectivity index (χ2n) is 5.80. The average molecular weight is 422 g/mol. The molecule has 1 heterocycles. The third-order valence-electron chi connectivity index (χ3n) is 3.84. The largest absolute Gasteiger partial charge is 0.452 e. The van der Waals surface area contributed by atoms with Crippen molar-refractivity contribution in [2.75, 3.05) is 7.05 Å². The summed E-state index contributed by atoms with van der Waals surface area (Å²) in [6.45, 7) is 1.68. The van der Waals surface area contributed by atoms with Crippen molar-refractivity contribution in [2.45, 2.75) is 18.4 Å². The fourth-order valence-electron chi connectivity index (χ4n) is 2.28. The number of esters is 1. The number of aryl methyl sites for hydroxylation is 1. The zero-order chi connectivity index (χ0) is 20.3. The lowest BCUT2D eigenvalue weighted by molar-refractivity contribution is 0.0429. The van der Waals surface area contributed by atoms with E-state index in [0.29, 0.717) is 5.82 Å². The molecule has 0 saturated heterocycles. The van der Waals surface area contributed by atoms with E-state index in [9.17, 15) is 13.2 Å². The highest BCUT2D eigenvalue weighted by molar-refractivity contribution is 7.89. The minimum absolute atomic E-state index is 0.0610. The van der Waals surface area contributed by atoms with Gasteiger partial charge in [0.15, 0.2) is 6.61 Å². The van der Waals surface area contributed by atoms with Gasteiger partial charge >= 0.3 is 5.97 Å². The van der Waals surface area contributed by atoms with Crippen LogP contribution in [-0.2, 0) is 21.4 Å². The Hall–Kier alpha value is -2.75. The van der Waals surface area contributed by atoms with E-state index in [2.05, 4.69) is 14.9 Å². The van der Waals surface area contributed by atoms with Gasteiger partial charge in [0.25, 0.3) is 5.89 Å². The molecule has 0 fully saturated rings. The van der Waals surface area contributed by atoms with Crippen LogP contribution in [0.15, 0.2) is 51.9 Å². The van der Waals surface area contributed by atoms with Crippen LogP contribution in [0.4, 0.5) is 0 Å². The Labute approximate surface area is 166 Å². The zero-order valence-electron chi connectivity index (χ0n) is 15.0. The minimum atomic E-state index is -3.73. The molecule has 3 aromatic rings. The molecule has 3 rings (SSSR count). The molecule has 0 atom stereocenters. The molecule has 2 aromatic carbocycles. The van der Waals surface area contributed by atoms with Crippen LogP contribution < -0.4 is 4.72 Å². The van der Waals surface area contributed by atoms with Crippen molar-refractivity contribution in [1.29, 1.82) is 0 Å². The first-order chi connectivity index (χ1) is 13.3. The van der Waals surface area contributed by atoms with Gasteiger partial charge < -0.3 is 9.26 Å². The van der Waals surface area contributed by atoms with Crippen molar-refractivity contribution in [1.82, 2.24) is 14.9 Å². The van der Waals surface area contributed by atoms with Crippen molar-refractivity contribution >= 4 is 27.6 Å². The quantitative estimate of drug-likeness (QED) is 0.609. The third-order valence-corrected chi connectivity index (χ3v) is 5.58. The summed E-state index contributed by atoms with van der Waals surface area (Å²) in [6, 6.07) is 11.3. The number of carbonyl (C=O) groups is 1. The lowest BCUT2D eigenvalue weighted by Crippen LogP contribution is -2.19. The molecule has 0 unspecified atom stereocenters. The van der Waals surface area contributed by atoms with E-state index in [1.165, 1.54) is 19.2 Å². The van der Waals surface area contributed by atoms with Crippen LogP contribution in [0.2, 0.25) is 5.02 Å². The SMILES string of the molecule is CNS(=O)(=O)c1ccc(Cl)c(C(=O)OCc2nc(-c3ccc(C)cc3)no2)c1. The topological polar surface area (TPSA) is 111 Å². The Morgan fingerprint density at radius 1 is 1.21 bits per heavy atom. The Bertz CT molecular complexity index is 1110. The first kappa shape index (κ1) is 20.0. The maximum absolute atomic E-state index is 12.3. The summed E-state index contributed by atoms with van der Waals surface area (Å²) in [6.07, 6.45) is 0. The highest BCUT2D eigenvalue weighted by Crippen LogP contribution is 2.22. The molecular formula is C18H16ClN3O5S. The number of carbonyl (C=O) groups excluding carboxylic acids is 1. The molecule has 0 aliphatic carbocycles. The molecule has 0 aliphatic rings. The maximum atomic E-state index is 12.3. The minimum Gasteiger partial charge on any atom is -0.452 e. The van der Waals surface area contributed by atoms with E-state index in [0.717, 1.165) is 17.2 Å². The molecule has 0 amide bonds. The predicted molar refractivity (Wildman–Crippen MR) is 101 cm³/mol. The van der Waals surface area contributed by atoms with Crippen LogP contribution >= 0.6 is 11.6 Å². The Morgan fingerprint density at radius 2 is 1.93 bits per heavy atom. The molecule has 0 spiro atoms. The number of hydrogen-bond acceptors (Lipinski definition) is 7. The van der Waals surface area contributed by atoms with E-state index in [1.807, 2.05) is 31.2 Å². The second kappa shape index (κ2) is 8.09. The summed E-state index contributed by atoms with van der Waals surface area (Å²) in [5.41, 5.74) is 1.78. The Morgan fingerprint density at radius 3 is 2.61 bits per heavy atom. The number of sulfonamides is 1. The summed E-state index contributed by atoms with van der Waals surface area (Å²) in [5.74, 6) is -0.349. The first-order valence-electron chi connectivity index (χ1n) is 8.10.